The summed E-state index contributed by atoms with van der Waals surface area (Å²) in [5, 5.41) is 2.91. The molecule has 0 atom stereocenters. The van der Waals surface area contributed by atoms with Crippen LogP contribution in [0.25, 0.3) is 0 Å². The van der Waals surface area contributed by atoms with Crippen LogP contribution in [0.2, 0.25) is 5.02 Å². The van der Waals surface area contributed by atoms with E-state index in [9.17, 15) is 14.4 Å². The molecular weight excluding hydrogens is 330 g/mol. The zero-order valence-electron chi connectivity index (χ0n) is 13.3. The van der Waals surface area contributed by atoms with E-state index in [1.807, 2.05) is 0 Å². The first-order valence-corrected chi connectivity index (χ1v) is 8.52. The Balaban J connectivity index is 1.44. The number of carbonyl (C=O) groups is 3. The van der Waals surface area contributed by atoms with Crippen molar-refractivity contribution in [3.05, 3.63) is 34.9 Å². The summed E-state index contributed by atoms with van der Waals surface area (Å²) in [6.07, 6.45) is 2.52. The highest BCUT2D eigenvalue weighted by atomic mass is 35.5. The number of halogens is 1. The smallest absolute Gasteiger partial charge is 0.292 e. The van der Waals surface area contributed by atoms with Crippen LogP contribution in [0.1, 0.15) is 23.2 Å². The van der Waals surface area contributed by atoms with Crippen molar-refractivity contribution in [3.8, 4) is 0 Å². The summed E-state index contributed by atoms with van der Waals surface area (Å²) >= 11 is 5.75. The Morgan fingerprint density at radius 2 is 1.67 bits per heavy atom. The molecule has 1 aromatic rings. The largest absolute Gasteiger partial charge is 0.340 e. The lowest BCUT2D eigenvalue weighted by Crippen LogP contribution is -2.52. The quantitative estimate of drug-likeness (QED) is 0.634. The number of ketones is 1. The summed E-state index contributed by atoms with van der Waals surface area (Å²) in [6, 6.07) is 6.78. The van der Waals surface area contributed by atoms with Crippen molar-refractivity contribution in [1.82, 2.24) is 15.1 Å². The maximum Gasteiger partial charge on any atom is 0.292 e. The summed E-state index contributed by atoms with van der Waals surface area (Å²) in [7, 11) is 0. The van der Waals surface area contributed by atoms with Gasteiger partial charge in [0, 0.05) is 42.8 Å². The SMILES string of the molecule is O=C(NCC(=O)N1CCN(C2CC2)CC1)C(=O)c1ccc(Cl)cc1. The molecule has 2 amide bonds. The highest BCUT2D eigenvalue weighted by Gasteiger charge is 2.32. The second-order valence-electron chi connectivity index (χ2n) is 6.17. The fourth-order valence-electron chi connectivity index (χ4n) is 2.86. The third-order valence-electron chi connectivity index (χ3n) is 4.44. The Labute approximate surface area is 145 Å². The molecule has 0 radical (unpaired) electrons. The molecule has 2 aliphatic rings. The minimum absolute atomic E-state index is 0.150. The van der Waals surface area contributed by atoms with Crippen molar-refractivity contribution in [3.63, 3.8) is 0 Å². The van der Waals surface area contributed by atoms with E-state index in [1.165, 1.54) is 25.0 Å². The van der Waals surface area contributed by atoms with E-state index in [0.29, 0.717) is 24.2 Å². The number of Topliss-reactive ketones (excluding diaryl/α,β-unsaturated/α-hetero) is 1. The lowest BCUT2D eigenvalue weighted by molar-refractivity contribution is -0.133. The van der Waals surface area contributed by atoms with Gasteiger partial charge >= 0.3 is 0 Å². The monoisotopic (exact) mass is 349 g/mol. The van der Waals surface area contributed by atoms with Crippen molar-refractivity contribution in [2.45, 2.75) is 18.9 Å². The number of benzene rings is 1. The van der Waals surface area contributed by atoms with E-state index in [4.69, 9.17) is 11.6 Å². The first-order chi connectivity index (χ1) is 11.5. The molecule has 1 aliphatic heterocycles. The molecule has 128 valence electrons. The predicted molar refractivity (Wildman–Crippen MR) is 90.0 cm³/mol. The van der Waals surface area contributed by atoms with Crippen LogP contribution in [0.3, 0.4) is 0 Å². The van der Waals surface area contributed by atoms with Gasteiger partial charge in [-0.1, -0.05) is 11.6 Å². The molecule has 6 nitrogen and oxygen atoms in total. The molecule has 1 heterocycles. The van der Waals surface area contributed by atoms with Crippen LogP contribution in [0, 0.1) is 0 Å². The molecule has 0 unspecified atom stereocenters. The van der Waals surface area contributed by atoms with Gasteiger partial charge in [-0.25, -0.2) is 0 Å². The average molecular weight is 350 g/mol. The molecule has 0 bridgehead atoms. The van der Waals surface area contributed by atoms with Gasteiger partial charge in [-0.3, -0.25) is 19.3 Å². The lowest BCUT2D eigenvalue weighted by atomic mass is 10.1. The molecule has 24 heavy (non-hydrogen) atoms. The molecule has 0 aromatic heterocycles. The Hall–Kier alpha value is -1.92. The zero-order chi connectivity index (χ0) is 17.1. The fraction of sp³-hybridized carbons (Fsp3) is 0.471. The van der Waals surface area contributed by atoms with Crippen LogP contribution >= 0.6 is 11.6 Å². The van der Waals surface area contributed by atoms with Crippen LogP contribution in [0.4, 0.5) is 0 Å². The number of amides is 2. The molecule has 2 fully saturated rings. The van der Waals surface area contributed by atoms with Crippen LogP contribution in [0.5, 0.6) is 0 Å². The summed E-state index contributed by atoms with van der Waals surface area (Å²) in [6.45, 7) is 2.97. The van der Waals surface area contributed by atoms with Gasteiger partial charge in [-0.2, -0.15) is 0 Å². The van der Waals surface area contributed by atoms with Crippen LogP contribution < -0.4 is 5.32 Å². The van der Waals surface area contributed by atoms with E-state index in [1.54, 1.807) is 17.0 Å². The Morgan fingerprint density at radius 1 is 1.04 bits per heavy atom. The van der Waals surface area contributed by atoms with Gasteiger partial charge in [0.2, 0.25) is 11.7 Å². The highest BCUT2D eigenvalue weighted by Crippen LogP contribution is 2.27. The van der Waals surface area contributed by atoms with Gasteiger partial charge < -0.3 is 10.2 Å². The Kier molecular flexibility index (Phi) is 5.16. The highest BCUT2D eigenvalue weighted by molar-refractivity contribution is 6.43. The van der Waals surface area contributed by atoms with Crippen molar-refractivity contribution in [2.24, 2.45) is 0 Å². The summed E-state index contributed by atoms with van der Waals surface area (Å²) in [4.78, 5) is 40.2. The van der Waals surface area contributed by atoms with E-state index in [0.717, 1.165) is 13.1 Å². The topological polar surface area (TPSA) is 69.7 Å². The van der Waals surface area contributed by atoms with Gasteiger partial charge in [-0.15, -0.1) is 0 Å². The van der Waals surface area contributed by atoms with Crippen molar-refractivity contribution >= 4 is 29.2 Å². The van der Waals surface area contributed by atoms with E-state index in [2.05, 4.69) is 10.2 Å². The van der Waals surface area contributed by atoms with Gasteiger partial charge in [0.1, 0.15) is 0 Å². The molecule has 1 saturated heterocycles. The normalized spacial score (nSPS) is 18.3. The summed E-state index contributed by atoms with van der Waals surface area (Å²) in [5.74, 6) is -1.59. The van der Waals surface area contributed by atoms with Crippen LogP contribution in [0.15, 0.2) is 24.3 Å². The maximum atomic E-state index is 12.2. The van der Waals surface area contributed by atoms with E-state index >= 15 is 0 Å². The van der Waals surface area contributed by atoms with Crippen LogP contribution in [-0.2, 0) is 9.59 Å². The minimum Gasteiger partial charge on any atom is -0.340 e. The fourth-order valence-corrected chi connectivity index (χ4v) is 2.98. The van der Waals surface area contributed by atoms with Gasteiger partial charge in [0.15, 0.2) is 0 Å². The lowest BCUT2D eigenvalue weighted by Gasteiger charge is -2.34. The molecule has 1 saturated carbocycles. The number of hydrogen-bond acceptors (Lipinski definition) is 4. The number of nitrogens with one attached hydrogen (secondary N) is 1. The molecular formula is C17H20ClN3O3. The van der Waals surface area contributed by atoms with Gasteiger partial charge in [0.05, 0.1) is 6.54 Å². The number of carbonyl (C=O) groups excluding carboxylic acids is 3. The Bertz CT molecular complexity index is 635. The standard InChI is InChI=1S/C17H20ClN3O3/c18-13-3-1-12(2-4-13)16(23)17(24)19-11-15(22)21-9-7-20(8-10-21)14-5-6-14/h1-4,14H,5-11H2,(H,19,24). The molecule has 0 spiro atoms. The first kappa shape index (κ1) is 16.9. The summed E-state index contributed by atoms with van der Waals surface area (Å²) < 4.78 is 0. The molecule has 3 rings (SSSR count). The van der Waals surface area contributed by atoms with E-state index in [-0.39, 0.29) is 18.0 Å². The molecule has 1 N–H and O–H groups in total. The number of hydrogen-bond donors (Lipinski definition) is 1. The van der Waals surface area contributed by atoms with Crippen molar-refractivity contribution in [2.75, 3.05) is 32.7 Å². The predicted octanol–water partition coefficient (Wildman–Crippen LogP) is 0.946. The van der Waals surface area contributed by atoms with Crippen LogP contribution in [-0.4, -0.2) is 66.2 Å². The maximum absolute atomic E-state index is 12.2. The number of rotatable bonds is 5. The molecule has 1 aliphatic carbocycles. The number of nitrogens with zero attached hydrogens (tertiary/aromatic N) is 2. The van der Waals surface area contributed by atoms with Crippen molar-refractivity contribution < 1.29 is 14.4 Å². The Morgan fingerprint density at radius 3 is 2.25 bits per heavy atom. The zero-order valence-corrected chi connectivity index (χ0v) is 14.1. The minimum atomic E-state index is -0.776. The third-order valence-corrected chi connectivity index (χ3v) is 4.70. The summed E-state index contributed by atoms with van der Waals surface area (Å²) in [5.41, 5.74) is 0.252. The third kappa shape index (κ3) is 4.13. The van der Waals surface area contributed by atoms with Gasteiger partial charge in [-0.05, 0) is 37.1 Å². The second-order valence-corrected chi connectivity index (χ2v) is 6.60. The second kappa shape index (κ2) is 7.32. The number of piperazine rings is 1. The van der Waals surface area contributed by atoms with Gasteiger partial charge in [0.25, 0.3) is 5.91 Å². The molecule has 7 heteroatoms. The first-order valence-electron chi connectivity index (χ1n) is 8.14. The van der Waals surface area contributed by atoms with Crippen molar-refractivity contribution in [1.29, 1.82) is 0 Å². The average Bonchev–Trinajstić information content (AvgIpc) is 3.44. The van der Waals surface area contributed by atoms with E-state index < -0.39 is 11.7 Å². The molecule has 1 aromatic carbocycles.